The molecule has 0 spiro atoms. The average molecular weight is 609 g/mol. The van der Waals surface area contributed by atoms with Crippen LogP contribution in [-0.4, -0.2) is 83.7 Å². The topological polar surface area (TPSA) is 168 Å². The van der Waals surface area contributed by atoms with Crippen LogP contribution in [0.15, 0.2) is 40.9 Å². The number of anilines is 3. The molecule has 4 N–H and O–H groups in total. The Morgan fingerprint density at radius 3 is 2.48 bits per heavy atom. The highest BCUT2D eigenvalue weighted by Crippen LogP contribution is 2.35. The van der Waals surface area contributed by atoms with E-state index < -0.39 is 18.2 Å². The van der Waals surface area contributed by atoms with E-state index in [0.717, 1.165) is 0 Å². The Kier molecular flexibility index (Phi) is 8.81. The van der Waals surface area contributed by atoms with Crippen molar-refractivity contribution in [2.24, 2.45) is 5.92 Å². The summed E-state index contributed by atoms with van der Waals surface area (Å²) in [5, 5.41) is 22.1. The number of aliphatic hydroxyl groups is 1. The summed E-state index contributed by atoms with van der Waals surface area (Å²) in [5.74, 6) is 1.36. The Morgan fingerprint density at radius 2 is 1.77 bits per heavy atom. The molecule has 0 radical (unpaired) electrons. The predicted octanol–water partition coefficient (Wildman–Crippen LogP) is 4.05. The molecule has 3 aromatic rings. The van der Waals surface area contributed by atoms with Crippen molar-refractivity contribution in [2.45, 2.75) is 39.8 Å². The van der Waals surface area contributed by atoms with E-state index in [2.05, 4.69) is 21.1 Å². The fourth-order valence-corrected chi connectivity index (χ4v) is 5.00. The normalized spacial score (nSPS) is 18.0. The molecule has 0 saturated carbocycles. The second-order valence-corrected chi connectivity index (χ2v) is 11.0. The second kappa shape index (κ2) is 12.7. The van der Waals surface area contributed by atoms with Crippen LogP contribution in [0.2, 0.25) is 0 Å². The number of aryl methyl sites for hydroxylation is 2. The number of carbonyl (C=O) groups is 3. The van der Waals surface area contributed by atoms with Crippen LogP contribution < -0.4 is 30.2 Å². The van der Waals surface area contributed by atoms with Gasteiger partial charge >= 0.3 is 12.1 Å². The number of hydrogen-bond donors (Lipinski definition) is 4. The number of carbonyl (C=O) groups excluding carboxylic acids is 3. The number of nitrogens with zero attached hydrogens (tertiary/aromatic N) is 3. The maximum absolute atomic E-state index is 13.7. The summed E-state index contributed by atoms with van der Waals surface area (Å²) >= 11 is 0. The number of fused-ring (bicyclic) bond motifs is 2. The summed E-state index contributed by atoms with van der Waals surface area (Å²) in [7, 11) is 1.65. The number of likely N-dealkylation sites (N-methyl/N-ethyl adjacent to an activating group) is 1. The summed E-state index contributed by atoms with van der Waals surface area (Å²) in [5.41, 5.74) is 2.11. The van der Waals surface area contributed by atoms with Gasteiger partial charge in [-0.2, -0.15) is 0 Å². The van der Waals surface area contributed by atoms with Gasteiger partial charge in [0.15, 0.2) is 17.3 Å². The number of nitrogens with one attached hydrogen (secondary N) is 3. The monoisotopic (exact) mass is 608 g/mol. The third-order valence-electron chi connectivity index (χ3n) is 7.62. The van der Waals surface area contributed by atoms with Gasteiger partial charge in [-0.05, 0) is 51.1 Å². The number of aromatic nitrogens is 1. The molecule has 14 nitrogen and oxygen atoms in total. The molecule has 2 aliphatic heterocycles. The number of rotatable bonds is 7. The zero-order valence-corrected chi connectivity index (χ0v) is 25.2. The van der Waals surface area contributed by atoms with Crippen molar-refractivity contribution in [3.05, 3.63) is 53.4 Å². The minimum Gasteiger partial charge on any atom is -0.487 e. The fraction of sp³-hybridized carbons (Fsp3) is 0.400. The van der Waals surface area contributed by atoms with Gasteiger partial charge in [-0.3, -0.25) is 4.79 Å². The number of benzene rings is 2. The van der Waals surface area contributed by atoms with E-state index in [1.165, 1.54) is 11.0 Å². The minimum atomic E-state index is -0.541. The molecule has 0 aliphatic carbocycles. The van der Waals surface area contributed by atoms with Gasteiger partial charge in [0, 0.05) is 37.0 Å². The lowest BCUT2D eigenvalue weighted by atomic mass is 9.99. The largest absolute Gasteiger partial charge is 0.487 e. The van der Waals surface area contributed by atoms with Crippen LogP contribution in [0.5, 0.6) is 17.2 Å². The smallest absolute Gasteiger partial charge is 0.323 e. The predicted molar refractivity (Wildman–Crippen MR) is 160 cm³/mol. The van der Waals surface area contributed by atoms with Crippen LogP contribution in [0, 0.1) is 19.8 Å². The molecule has 14 heteroatoms. The Balaban J connectivity index is 1.34. The van der Waals surface area contributed by atoms with Gasteiger partial charge in [0.05, 0.1) is 24.8 Å². The number of amides is 5. The summed E-state index contributed by atoms with van der Waals surface area (Å²) in [6.45, 7) is 7.44. The average Bonchev–Trinajstić information content (AvgIpc) is 3.60. The van der Waals surface area contributed by atoms with Crippen LogP contribution in [0.3, 0.4) is 0 Å². The second-order valence-electron chi connectivity index (χ2n) is 11.0. The van der Waals surface area contributed by atoms with E-state index in [0.29, 0.717) is 45.8 Å². The van der Waals surface area contributed by atoms with Crippen molar-refractivity contribution < 1.29 is 38.2 Å². The van der Waals surface area contributed by atoms with Crippen LogP contribution >= 0.6 is 0 Å². The molecule has 0 unspecified atom stereocenters. The van der Waals surface area contributed by atoms with Gasteiger partial charge in [0.25, 0.3) is 5.91 Å². The Morgan fingerprint density at radius 1 is 1.07 bits per heavy atom. The third-order valence-corrected chi connectivity index (χ3v) is 7.62. The lowest BCUT2D eigenvalue weighted by Crippen LogP contribution is -2.50. The molecule has 0 bridgehead atoms. The van der Waals surface area contributed by atoms with E-state index in [1.54, 1.807) is 63.1 Å². The molecule has 234 valence electrons. The first-order valence-electron chi connectivity index (χ1n) is 14.2. The molecule has 5 rings (SSSR count). The molecule has 0 saturated heterocycles. The molecule has 2 aliphatic rings. The maximum atomic E-state index is 13.7. The van der Waals surface area contributed by atoms with Gasteiger partial charge in [0.2, 0.25) is 6.79 Å². The summed E-state index contributed by atoms with van der Waals surface area (Å²) in [4.78, 5) is 42.7. The molecule has 5 amide bonds. The number of aliphatic hydroxyl groups excluding tert-OH is 1. The SMILES string of the molecule is Cc1noc(C)c1NC(=O)Nc1ccc2c(c1)C(=O)N([C@H](C)CO)C[C@@H](C)[C@H](CN(C)C(=O)Nc1ccc3c(c1)OCO3)O2. The van der Waals surface area contributed by atoms with Crippen molar-refractivity contribution in [3.63, 3.8) is 0 Å². The van der Waals surface area contributed by atoms with Crippen molar-refractivity contribution in [3.8, 4) is 17.2 Å². The van der Waals surface area contributed by atoms with Crippen LogP contribution in [0.4, 0.5) is 26.7 Å². The highest BCUT2D eigenvalue weighted by atomic mass is 16.7. The van der Waals surface area contributed by atoms with Crippen molar-refractivity contribution in [1.82, 2.24) is 15.0 Å². The summed E-state index contributed by atoms with van der Waals surface area (Å²) in [6.07, 6.45) is -0.510. The Labute approximate surface area is 254 Å². The first-order valence-corrected chi connectivity index (χ1v) is 14.2. The lowest BCUT2D eigenvalue weighted by Gasteiger charge is -2.38. The minimum absolute atomic E-state index is 0.132. The molecule has 44 heavy (non-hydrogen) atoms. The van der Waals surface area contributed by atoms with Crippen molar-refractivity contribution in [1.29, 1.82) is 0 Å². The van der Waals surface area contributed by atoms with Crippen molar-refractivity contribution in [2.75, 3.05) is 49.5 Å². The van der Waals surface area contributed by atoms with Crippen LogP contribution in [0.25, 0.3) is 0 Å². The standard InChI is InChI=1S/C30H36N6O8/c1-16-12-36(17(2)14-37)28(38)22-10-20(31-29(39)33-27-18(3)34-44-19(27)4)6-8-23(22)43-26(16)13-35(5)30(40)32-21-7-9-24-25(11-21)42-15-41-24/h6-11,16-17,26,37H,12-15H2,1-5H3,(H,32,40)(H2,31,33,39)/t16-,17-,26+/m1/s1. The van der Waals surface area contributed by atoms with Gasteiger partial charge < -0.3 is 49.6 Å². The number of ether oxygens (including phenoxy) is 3. The zero-order chi connectivity index (χ0) is 31.5. The maximum Gasteiger partial charge on any atom is 0.323 e. The number of urea groups is 2. The van der Waals surface area contributed by atoms with Gasteiger partial charge in [-0.25, -0.2) is 9.59 Å². The first-order chi connectivity index (χ1) is 21.0. The van der Waals surface area contributed by atoms with E-state index >= 15 is 0 Å². The summed E-state index contributed by atoms with van der Waals surface area (Å²) < 4.78 is 22.2. The molecule has 3 heterocycles. The highest BCUT2D eigenvalue weighted by molar-refractivity contribution is 6.03. The van der Waals surface area contributed by atoms with Crippen molar-refractivity contribution >= 4 is 35.0 Å². The third kappa shape index (κ3) is 6.49. The molecule has 0 fully saturated rings. The molecule has 2 aromatic carbocycles. The molecular weight excluding hydrogens is 572 g/mol. The number of hydrogen-bond acceptors (Lipinski definition) is 9. The van der Waals surface area contributed by atoms with E-state index in [4.69, 9.17) is 18.7 Å². The van der Waals surface area contributed by atoms with Gasteiger partial charge in [-0.1, -0.05) is 12.1 Å². The van der Waals surface area contributed by atoms with Gasteiger partial charge in [-0.15, -0.1) is 0 Å². The van der Waals surface area contributed by atoms with Crippen LogP contribution in [0.1, 0.15) is 35.7 Å². The first kappa shape index (κ1) is 30.5. The molecule has 3 atom stereocenters. The molecule has 1 aromatic heterocycles. The fourth-order valence-electron chi connectivity index (χ4n) is 5.00. The Bertz CT molecular complexity index is 1540. The van der Waals surface area contributed by atoms with E-state index in [1.807, 2.05) is 6.92 Å². The molecular formula is C30H36N6O8. The lowest BCUT2D eigenvalue weighted by molar-refractivity contribution is 0.0371. The highest BCUT2D eigenvalue weighted by Gasteiger charge is 2.34. The zero-order valence-electron chi connectivity index (χ0n) is 25.2. The summed E-state index contributed by atoms with van der Waals surface area (Å²) in [6, 6.07) is 8.53. The van der Waals surface area contributed by atoms with Gasteiger partial charge in [0.1, 0.15) is 23.2 Å². The Hall–Kier alpha value is -4.98. The van der Waals surface area contributed by atoms with E-state index in [9.17, 15) is 19.5 Å². The van der Waals surface area contributed by atoms with E-state index in [-0.39, 0.29) is 49.9 Å². The van der Waals surface area contributed by atoms with Crippen LogP contribution in [-0.2, 0) is 0 Å². The quantitative estimate of drug-likeness (QED) is 0.309.